The maximum Gasteiger partial charge on any atom is 0.287 e. The molecule has 0 aliphatic rings. The Kier molecular flexibility index (Phi) is 5.67. The number of ether oxygens (including phenoxy) is 2. The van der Waals surface area contributed by atoms with E-state index in [0.29, 0.717) is 23.8 Å². The summed E-state index contributed by atoms with van der Waals surface area (Å²) in [5.74, 6) is 0.935. The van der Waals surface area contributed by atoms with Gasteiger partial charge in [-0.25, -0.2) is 5.43 Å². The summed E-state index contributed by atoms with van der Waals surface area (Å²) in [7, 11) is 1.59. The van der Waals surface area contributed by atoms with Crippen LogP contribution >= 0.6 is 0 Å². The zero-order chi connectivity index (χ0) is 18.2. The molecule has 6 heteroatoms. The summed E-state index contributed by atoms with van der Waals surface area (Å²) < 4.78 is 11.2. The first-order valence-corrected chi connectivity index (χ1v) is 8.08. The standard InChI is InChI=1S/C20H19N3O3/c1-25-18-10-9-16(13-22-23-20(24)17-8-5-11-21-17)12-19(18)26-14-15-6-3-2-4-7-15/h2-13,21H,14H2,1H3,(H,23,24)/b22-13-. The summed E-state index contributed by atoms with van der Waals surface area (Å²) in [6.45, 7) is 0.432. The van der Waals surface area contributed by atoms with Crippen molar-refractivity contribution < 1.29 is 14.3 Å². The highest BCUT2D eigenvalue weighted by Gasteiger charge is 2.06. The van der Waals surface area contributed by atoms with E-state index in [1.54, 1.807) is 37.7 Å². The highest BCUT2D eigenvalue weighted by molar-refractivity contribution is 5.93. The normalized spacial score (nSPS) is 10.7. The second kappa shape index (κ2) is 8.53. The molecule has 1 aromatic heterocycles. The summed E-state index contributed by atoms with van der Waals surface area (Å²) in [4.78, 5) is 14.6. The topological polar surface area (TPSA) is 75.7 Å². The van der Waals surface area contributed by atoms with Crippen molar-refractivity contribution in [3.8, 4) is 11.5 Å². The van der Waals surface area contributed by atoms with Crippen LogP contribution in [0.2, 0.25) is 0 Å². The predicted octanol–water partition coefficient (Wildman–Crippen LogP) is 3.37. The van der Waals surface area contributed by atoms with Gasteiger partial charge < -0.3 is 14.5 Å². The monoisotopic (exact) mass is 349 g/mol. The number of aromatic nitrogens is 1. The molecule has 2 aromatic carbocycles. The Morgan fingerprint density at radius 1 is 1.12 bits per heavy atom. The highest BCUT2D eigenvalue weighted by atomic mass is 16.5. The van der Waals surface area contributed by atoms with Crippen LogP contribution in [-0.4, -0.2) is 24.2 Å². The van der Waals surface area contributed by atoms with Crippen molar-refractivity contribution >= 4 is 12.1 Å². The number of aromatic amines is 1. The largest absolute Gasteiger partial charge is 0.493 e. The van der Waals surface area contributed by atoms with Gasteiger partial charge in [0.25, 0.3) is 5.91 Å². The first-order chi connectivity index (χ1) is 12.8. The van der Waals surface area contributed by atoms with Crippen LogP contribution in [0.25, 0.3) is 0 Å². The number of carbonyl (C=O) groups excluding carboxylic acids is 1. The number of methoxy groups -OCH3 is 1. The molecule has 0 aliphatic heterocycles. The zero-order valence-electron chi connectivity index (χ0n) is 14.3. The van der Waals surface area contributed by atoms with E-state index in [2.05, 4.69) is 15.5 Å². The van der Waals surface area contributed by atoms with Crippen LogP contribution in [-0.2, 0) is 6.61 Å². The fraction of sp³-hybridized carbons (Fsp3) is 0.100. The number of nitrogens with zero attached hydrogens (tertiary/aromatic N) is 1. The van der Waals surface area contributed by atoms with Crippen LogP contribution < -0.4 is 14.9 Å². The maximum atomic E-state index is 11.8. The molecule has 1 heterocycles. The Morgan fingerprint density at radius 3 is 2.69 bits per heavy atom. The van der Waals surface area contributed by atoms with E-state index in [-0.39, 0.29) is 5.91 Å². The van der Waals surface area contributed by atoms with Crippen LogP contribution in [0.5, 0.6) is 11.5 Å². The summed E-state index contributed by atoms with van der Waals surface area (Å²) >= 11 is 0. The molecule has 0 bridgehead atoms. The molecule has 0 aliphatic carbocycles. The van der Waals surface area contributed by atoms with Gasteiger partial charge in [0, 0.05) is 6.20 Å². The number of H-pyrrole nitrogens is 1. The van der Waals surface area contributed by atoms with Crippen LogP contribution in [0.1, 0.15) is 21.6 Å². The molecule has 6 nitrogen and oxygen atoms in total. The van der Waals surface area contributed by atoms with E-state index < -0.39 is 0 Å². The zero-order valence-corrected chi connectivity index (χ0v) is 14.3. The van der Waals surface area contributed by atoms with Crippen LogP contribution in [0, 0.1) is 0 Å². The molecule has 0 radical (unpaired) electrons. The Hall–Kier alpha value is -3.54. The molecular weight excluding hydrogens is 330 g/mol. The molecule has 132 valence electrons. The summed E-state index contributed by atoms with van der Waals surface area (Å²) in [6, 6.07) is 18.7. The van der Waals surface area contributed by atoms with Gasteiger partial charge in [-0.2, -0.15) is 5.10 Å². The molecule has 3 rings (SSSR count). The molecule has 2 N–H and O–H groups in total. The minimum Gasteiger partial charge on any atom is -0.493 e. The minimum atomic E-state index is -0.305. The van der Waals surface area contributed by atoms with E-state index in [4.69, 9.17) is 9.47 Å². The number of rotatable bonds is 7. The average Bonchev–Trinajstić information content (AvgIpc) is 3.22. The van der Waals surface area contributed by atoms with Gasteiger partial charge in [0.05, 0.1) is 13.3 Å². The van der Waals surface area contributed by atoms with Gasteiger partial charge in [-0.05, 0) is 41.5 Å². The Labute approximate surface area is 151 Å². The number of amides is 1. The van der Waals surface area contributed by atoms with Crippen molar-refractivity contribution in [2.75, 3.05) is 7.11 Å². The van der Waals surface area contributed by atoms with Crippen molar-refractivity contribution in [3.63, 3.8) is 0 Å². The number of carbonyl (C=O) groups is 1. The number of hydrogen-bond donors (Lipinski definition) is 2. The van der Waals surface area contributed by atoms with Gasteiger partial charge in [-0.3, -0.25) is 4.79 Å². The van der Waals surface area contributed by atoms with Crippen LogP contribution in [0.15, 0.2) is 72.0 Å². The van der Waals surface area contributed by atoms with Crippen molar-refractivity contribution in [3.05, 3.63) is 83.7 Å². The molecule has 3 aromatic rings. The number of benzene rings is 2. The van der Waals surface area contributed by atoms with Crippen molar-refractivity contribution in [1.29, 1.82) is 0 Å². The molecule has 0 saturated heterocycles. The van der Waals surface area contributed by atoms with E-state index in [0.717, 1.165) is 11.1 Å². The quantitative estimate of drug-likeness (QED) is 0.507. The lowest BCUT2D eigenvalue weighted by Crippen LogP contribution is -2.17. The predicted molar refractivity (Wildman–Crippen MR) is 99.6 cm³/mol. The number of nitrogens with one attached hydrogen (secondary N) is 2. The second-order valence-electron chi connectivity index (χ2n) is 5.47. The van der Waals surface area contributed by atoms with Gasteiger partial charge in [-0.15, -0.1) is 0 Å². The Balaban J connectivity index is 1.66. The molecule has 0 atom stereocenters. The smallest absolute Gasteiger partial charge is 0.287 e. The first-order valence-electron chi connectivity index (χ1n) is 8.08. The lowest BCUT2D eigenvalue weighted by Gasteiger charge is -2.11. The van der Waals surface area contributed by atoms with Crippen LogP contribution in [0.3, 0.4) is 0 Å². The Morgan fingerprint density at radius 2 is 1.96 bits per heavy atom. The summed E-state index contributed by atoms with van der Waals surface area (Å²) in [5.41, 5.74) is 4.75. The van der Waals surface area contributed by atoms with Gasteiger partial charge in [0.15, 0.2) is 11.5 Å². The fourth-order valence-corrected chi connectivity index (χ4v) is 2.32. The minimum absolute atomic E-state index is 0.305. The third-order valence-electron chi connectivity index (χ3n) is 3.65. The third-order valence-corrected chi connectivity index (χ3v) is 3.65. The van der Waals surface area contributed by atoms with E-state index >= 15 is 0 Å². The number of hydrogen-bond acceptors (Lipinski definition) is 4. The first kappa shape index (κ1) is 17.3. The van der Waals surface area contributed by atoms with E-state index in [1.165, 1.54) is 0 Å². The molecule has 1 amide bonds. The van der Waals surface area contributed by atoms with Crippen molar-refractivity contribution in [2.24, 2.45) is 5.10 Å². The highest BCUT2D eigenvalue weighted by Crippen LogP contribution is 2.28. The van der Waals surface area contributed by atoms with E-state index in [9.17, 15) is 4.79 Å². The van der Waals surface area contributed by atoms with Gasteiger partial charge in [0.2, 0.25) is 0 Å². The fourth-order valence-electron chi connectivity index (χ4n) is 2.32. The lowest BCUT2D eigenvalue weighted by molar-refractivity contribution is 0.0951. The summed E-state index contributed by atoms with van der Waals surface area (Å²) in [6.07, 6.45) is 3.23. The molecule has 26 heavy (non-hydrogen) atoms. The van der Waals surface area contributed by atoms with Gasteiger partial charge in [-0.1, -0.05) is 30.3 Å². The molecular formula is C20H19N3O3. The molecule has 0 spiro atoms. The maximum absolute atomic E-state index is 11.8. The van der Waals surface area contributed by atoms with Gasteiger partial charge in [0.1, 0.15) is 12.3 Å². The van der Waals surface area contributed by atoms with Crippen molar-refractivity contribution in [1.82, 2.24) is 10.4 Å². The van der Waals surface area contributed by atoms with Crippen molar-refractivity contribution in [2.45, 2.75) is 6.61 Å². The average molecular weight is 349 g/mol. The number of hydrazone groups is 1. The van der Waals surface area contributed by atoms with Crippen LogP contribution in [0.4, 0.5) is 0 Å². The Bertz CT molecular complexity index is 875. The second-order valence-corrected chi connectivity index (χ2v) is 5.47. The third kappa shape index (κ3) is 4.51. The van der Waals surface area contributed by atoms with Gasteiger partial charge >= 0.3 is 0 Å². The van der Waals surface area contributed by atoms with E-state index in [1.807, 2.05) is 42.5 Å². The molecule has 0 unspecified atom stereocenters. The SMILES string of the molecule is COc1ccc(/C=N\NC(=O)c2ccc[nH]2)cc1OCc1ccccc1. The molecule has 0 fully saturated rings. The molecule has 0 saturated carbocycles. The summed E-state index contributed by atoms with van der Waals surface area (Å²) in [5, 5.41) is 3.97. The lowest BCUT2D eigenvalue weighted by atomic mass is 10.2.